The van der Waals surface area contributed by atoms with E-state index in [1.807, 2.05) is 0 Å². The number of aromatic hydroxyl groups is 1. The average Bonchev–Trinajstić information content (AvgIpc) is 2.52. The molecule has 0 bridgehead atoms. The summed E-state index contributed by atoms with van der Waals surface area (Å²) >= 11 is 0. The highest BCUT2D eigenvalue weighted by molar-refractivity contribution is 5.82. The van der Waals surface area contributed by atoms with Crippen LogP contribution in [0.5, 0.6) is 5.75 Å². The molecule has 0 saturated carbocycles. The van der Waals surface area contributed by atoms with Crippen molar-refractivity contribution >= 4 is 21.9 Å². The van der Waals surface area contributed by atoms with Crippen molar-refractivity contribution in [1.82, 2.24) is 0 Å². The fraction of sp³-hybridized carbons (Fsp3) is 0. The Morgan fingerprint density at radius 3 is 2.05 bits per heavy atom. The van der Waals surface area contributed by atoms with Crippen LogP contribution in [0.4, 0.5) is 0 Å². The zero-order chi connectivity index (χ0) is 14.6. The molecule has 0 fully saturated rings. The van der Waals surface area contributed by atoms with Gasteiger partial charge < -0.3 is 13.9 Å². The predicted molar refractivity (Wildman–Crippen MR) is 75.5 cm³/mol. The van der Waals surface area contributed by atoms with E-state index in [0.717, 1.165) is 0 Å². The number of hydrogen-bond acceptors (Lipinski definition) is 5. The zero-order valence-corrected chi connectivity index (χ0v) is 10.6. The van der Waals surface area contributed by atoms with Crippen LogP contribution in [-0.4, -0.2) is 5.11 Å². The molecule has 21 heavy (non-hydrogen) atoms. The van der Waals surface area contributed by atoms with Crippen molar-refractivity contribution in [2.45, 2.75) is 0 Å². The largest absolute Gasteiger partial charge is 0.504 e. The SMILES string of the molecule is O=c1c2oc3cccc(O)c3oc=2c(=O)c2ccccc12. The highest BCUT2D eigenvalue weighted by atomic mass is 16.4. The van der Waals surface area contributed by atoms with Crippen molar-refractivity contribution in [3.8, 4) is 5.75 Å². The first-order valence-electron chi connectivity index (χ1n) is 6.27. The third-order valence-corrected chi connectivity index (χ3v) is 3.41. The molecule has 2 aromatic rings. The van der Waals surface area contributed by atoms with Crippen LogP contribution in [-0.2, 0) is 0 Å². The van der Waals surface area contributed by atoms with E-state index in [4.69, 9.17) is 8.83 Å². The van der Waals surface area contributed by atoms with Gasteiger partial charge in [0.1, 0.15) is 0 Å². The Bertz CT molecular complexity index is 1180. The highest BCUT2D eigenvalue weighted by Crippen LogP contribution is 2.24. The van der Waals surface area contributed by atoms with Gasteiger partial charge in [-0.25, -0.2) is 0 Å². The molecule has 1 aliphatic carbocycles. The fourth-order valence-electron chi connectivity index (χ4n) is 2.41. The van der Waals surface area contributed by atoms with Gasteiger partial charge >= 0.3 is 0 Å². The Kier molecular flexibility index (Phi) is 2.21. The highest BCUT2D eigenvalue weighted by Gasteiger charge is 2.13. The summed E-state index contributed by atoms with van der Waals surface area (Å²) in [5, 5.41) is 10.3. The Hall–Kier alpha value is -3.08. The van der Waals surface area contributed by atoms with Crippen LogP contribution in [0.15, 0.2) is 60.9 Å². The number of phenols is 1. The van der Waals surface area contributed by atoms with Crippen LogP contribution in [0.3, 0.4) is 0 Å². The second-order valence-electron chi connectivity index (χ2n) is 4.67. The van der Waals surface area contributed by atoms with Gasteiger partial charge in [0.05, 0.1) is 0 Å². The van der Waals surface area contributed by atoms with Gasteiger partial charge in [0.2, 0.25) is 27.3 Å². The van der Waals surface area contributed by atoms with Gasteiger partial charge in [-0.1, -0.05) is 30.3 Å². The maximum atomic E-state index is 12.4. The number of para-hydroxylation sites is 1. The third kappa shape index (κ3) is 1.51. The second kappa shape index (κ2) is 3.96. The minimum atomic E-state index is -0.436. The smallest absolute Gasteiger partial charge is 0.233 e. The van der Waals surface area contributed by atoms with Gasteiger partial charge in [-0.2, -0.15) is 0 Å². The number of fused-ring (bicyclic) bond motifs is 2. The monoisotopic (exact) mass is 280 g/mol. The zero-order valence-electron chi connectivity index (χ0n) is 10.6. The lowest BCUT2D eigenvalue weighted by atomic mass is 10.1. The molecule has 0 aromatic heterocycles. The molecule has 0 unspecified atom stereocenters. The summed E-state index contributed by atoms with van der Waals surface area (Å²) in [5.74, 6) is -0.154. The maximum Gasteiger partial charge on any atom is 0.233 e. The fourth-order valence-corrected chi connectivity index (χ4v) is 2.41. The molecule has 4 rings (SSSR count). The van der Waals surface area contributed by atoms with Gasteiger partial charge in [0.25, 0.3) is 0 Å². The standard InChI is InChI=1S/C16H8O5/c17-10-6-3-7-11-14(10)21-16-13(19)9-5-2-1-4-8(9)12(18)15(16)20-11/h1-7,17H. The molecule has 5 heteroatoms. The van der Waals surface area contributed by atoms with Crippen molar-refractivity contribution in [3.63, 3.8) is 0 Å². The molecule has 1 heterocycles. The van der Waals surface area contributed by atoms with E-state index in [9.17, 15) is 14.7 Å². The summed E-state index contributed by atoms with van der Waals surface area (Å²) in [5.41, 5.74) is -0.932. The van der Waals surface area contributed by atoms with E-state index in [2.05, 4.69) is 0 Å². The Morgan fingerprint density at radius 2 is 1.38 bits per heavy atom. The number of hydrogen-bond donors (Lipinski definition) is 1. The van der Waals surface area contributed by atoms with E-state index in [0.29, 0.717) is 0 Å². The predicted octanol–water partition coefficient (Wildman–Crippen LogP) is 2.33. The lowest BCUT2D eigenvalue weighted by Gasteiger charge is -2.01. The van der Waals surface area contributed by atoms with E-state index in [1.165, 1.54) is 6.07 Å². The first-order chi connectivity index (χ1) is 10.2. The van der Waals surface area contributed by atoms with E-state index in [1.54, 1.807) is 36.4 Å². The molecule has 0 amide bonds. The van der Waals surface area contributed by atoms with Crippen LogP contribution in [0, 0.1) is 10.8 Å². The van der Waals surface area contributed by atoms with Crippen molar-refractivity contribution in [2.75, 3.05) is 0 Å². The van der Waals surface area contributed by atoms with Crippen LogP contribution in [0.2, 0.25) is 0 Å². The molecule has 5 nitrogen and oxygen atoms in total. The molecule has 2 aliphatic rings. The Balaban J connectivity index is 2.44. The average molecular weight is 280 g/mol. The van der Waals surface area contributed by atoms with Crippen LogP contribution in [0.25, 0.3) is 21.9 Å². The summed E-state index contributed by atoms with van der Waals surface area (Å²) < 4.78 is 10.9. The molecule has 2 aromatic carbocycles. The minimum absolute atomic E-state index is 0.0387. The van der Waals surface area contributed by atoms with Gasteiger partial charge in [-0.05, 0) is 12.1 Å². The number of rotatable bonds is 0. The second-order valence-corrected chi connectivity index (χ2v) is 4.67. The molecule has 1 N–H and O–H groups in total. The molecular formula is C16H8O5. The van der Waals surface area contributed by atoms with Crippen LogP contribution in [0.1, 0.15) is 0 Å². The number of benzene rings is 2. The molecule has 0 atom stereocenters. The van der Waals surface area contributed by atoms with Crippen LogP contribution >= 0.6 is 0 Å². The molecule has 0 saturated heterocycles. The lowest BCUT2D eigenvalue weighted by Crippen LogP contribution is -2.14. The maximum absolute atomic E-state index is 12.4. The van der Waals surface area contributed by atoms with Gasteiger partial charge in [-0.3, -0.25) is 9.59 Å². The summed E-state index contributed by atoms with van der Waals surface area (Å²) in [6, 6.07) is 11.0. The molecule has 1 aliphatic heterocycles. The summed E-state index contributed by atoms with van der Waals surface area (Å²) in [6.07, 6.45) is 0. The Morgan fingerprint density at radius 1 is 0.762 bits per heavy atom. The van der Waals surface area contributed by atoms with Crippen LogP contribution < -0.4 is 10.9 Å². The first-order valence-corrected chi connectivity index (χ1v) is 6.27. The van der Waals surface area contributed by atoms with E-state index < -0.39 is 10.9 Å². The van der Waals surface area contributed by atoms with Crippen molar-refractivity contribution < 1.29 is 13.9 Å². The van der Waals surface area contributed by atoms with E-state index >= 15 is 0 Å². The first kappa shape index (κ1) is 11.7. The molecular weight excluding hydrogens is 272 g/mol. The lowest BCUT2D eigenvalue weighted by molar-refractivity contribution is 0.431. The summed E-state index contributed by atoms with van der Waals surface area (Å²) in [7, 11) is 0. The molecule has 102 valence electrons. The minimum Gasteiger partial charge on any atom is -0.504 e. The quantitative estimate of drug-likeness (QED) is 0.534. The van der Waals surface area contributed by atoms with E-state index in [-0.39, 0.29) is 38.5 Å². The van der Waals surface area contributed by atoms with Gasteiger partial charge in [0, 0.05) is 10.8 Å². The Labute approximate surface area is 116 Å². The normalized spacial score (nSPS) is 11.4. The molecule has 0 spiro atoms. The number of phenolic OH excluding ortho intramolecular Hbond substituents is 1. The van der Waals surface area contributed by atoms with Gasteiger partial charge in [-0.15, -0.1) is 0 Å². The topological polar surface area (TPSA) is 80.7 Å². The van der Waals surface area contributed by atoms with Crippen molar-refractivity contribution in [2.24, 2.45) is 0 Å². The van der Waals surface area contributed by atoms with Gasteiger partial charge in [0.15, 0.2) is 11.3 Å². The summed E-state index contributed by atoms with van der Waals surface area (Å²) in [6.45, 7) is 0. The third-order valence-electron chi connectivity index (χ3n) is 3.41. The van der Waals surface area contributed by atoms with Crippen molar-refractivity contribution in [1.29, 1.82) is 0 Å². The van der Waals surface area contributed by atoms with Crippen molar-refractivity contribution in [3.05, 3.63) is 73.7 Å². The summed E-state index contributed by atoms with van der Waals surface area (Å²) in [4.78, 5) is 24.8. The molecule has 0 radical (unpaired) electrons.